The van der Waals surface area contributed by atoms with E-state index in [9.17, 15) is 4.79 Å². The maximum atomic E-state index is 11.5. The summed E-state index contributed by atoms with van der Waals surface area (Å²) in [4.78, 5) is 11.5. The average molecular weight is 306 g/mol. The van der Waals surface area contributed by atoms with Gasteiger partial charge in [-0.1, -0.05) is 44.2 Å². The molecule has 0 aliphatic carbocycles. The number of benzene rings is 1. The molecule has 0 fully saturated rings. The molecule has 0 spiro atoms. The van der Waals surface area contributed by atoms with Gasteiger partial charge < -0.3 is 15.4 Å². The van der Waals surface area contributed by atoms with Crippen molar-refractivity contribution in [3.05, 3.63) is 35.9 Å². The van der Waals surface area contributed by atoms with Gasteiger partial charge >= 0.3 is 6.09 Å². The average Bonchev–Trinajstić information content (AvgIpc) is 2.41. The molecule has 1 rings (SSSR count). The van der Waals surface area contributed by atoms with Crippen LogP contribution < -0.4 is 10.6 Å². The van der Waals surface area contributed by atoms with Crippen LogP contribution in [0.4, 0.5) is 4.79 Å². The van der Waals surface area contributed by atoms with E-state index in [0.29, 0.717) is 6.54 Å². The summed E-state index contributed by atoms with van der Waals surface area (Å²) in [5.41, 5.74) is 0.983. The molecule has 4 heteroatoms. The van der Waals surface area contributed by atoms with Crippen LogP contribution in [0.1, 0.15) is 46.6 Å². The number of hydrogen-bond acceptors (Lipinski definition) is 3. The van der Waals surface area contributed by atoms with Gasteiger partial charge in [-0.05, 0) is 39.3 Å². The normalized spacial score (nSPS) is 12.0. The van der Waals surface area contributed by atoms with Crippen molar-refractivity contribution in [1.82, 2.24) is 10.6 Å². The second-order valence-electron chi connectivity index (χ2n) is 7.21. The molecule has 0 atom stereocenters. The molecule has 4 nitrogen and oxygen atoms in total. The minimum Gasteiger partial charge on any atom is -0.444 e. The van der Waals surface area contributed by atoms with Gasteiger partial charge in [0.15, 0.2) is 0 Å². The van der Waals surface area contributed by atoms with E-state index >= 15 is 0 Å². The zero-order chi connectivity index (χ0) is 16.6. The first kappa shape index (κ1) is 18.5. The first-order valence-electron chi connectivity index (χ1n) is 7.94. The van der Waals surface area contributed by atoms with Gasteiger partial charge in [-0.25, -0.2) is 4.79 Å². The van der Waals surface area contributed by atoms with Crippen molar-refractivity contribution in [2.45, 2.75) is 52.1 Å². The molecule has 1 amide bonds. The Morgan fingerprint density at radius 1 is 1.05 bits per heavy atom. The van der Waals surface area contributed by atoms with Gasteiger partial charge in [-0.2, -0.15) is 0 Å². The van der Waals surface area contributed by atoms with Gasteiger partial charge in [-0.15, -0.1) is 0 Å². The highest BCUT2D eigenvalue weighted by molar-refractivity contribution is 5.67. The Morgan fingerprint density at radius 2 is 1.68 bits per heavy atom. The molecule has 0 unspecified atom stereocenters. The fourth-order valence-electron chi connectivity index (χ4n) is 2.11. The maximum absolute atomic E-state index is 11.5. The predicted octanol–water partition coefficient (Wildman–Crippen LogP) is 3.47. The third kappa shape index (κ3) is 7.46. The number of alkyl carbamates (subject to hydrolysis) is 1. The molecule has 2 N–H and O–H groups in total. The van der Waals surface area contributed by atoms with Crippen LogP contribution in [0.15, 0.2) is 30.3 Å². The largest absolute Gasteiger partial charge is 0.444 e. The Hall–Kier alpha value is -1.55. The molecule has 1 aromatic carbocycles. The summed E-state index contributed by atoms with van der Waals surface area (Å²) in [5, 5.41) is 6.22. The van der Waals surface area contributed by atoms with Gasteiger partial charge in [-0.3, -0.25) is 0 Å². The second-order valence-corrected chi connectivity index (χ2v) is 7.21. The molecule has 0 saturated carbocycles. The van der Waals surface area contributed by atoms with Crippen molar-refractivity contribution in [3.8, 4) is 0 Å². The van der Waals surface area contributed by atoms with Crippen molar-refractivity contribution in [2.24, 2.45) is 0 Å². The van der Waals surface area contributed by atoms with Crippen molar-refractivity contribution in [2.75, 3.05) is 19.6 Å². The van der Waals surface area contributed by atoms with Crippen molar-refractivity contribution in [3.63, 3.8) is 0 Å². The molecule has 124 valence electrons. The molecule has 0 heterocycles. The van der Waals surface area contributed by atoms with Crippen LogP contribution in [0.5, 0.6) is 0 Å². The highest BCUT2D eigenvalue weighted by atomic mass is 16.6. The number of hydrogen-bond donors (Lipinski definition) is 2. The Kier molecular flexibility index (Phi) is 6.88. The van der Waals surface area contributed by atoms with E-state index in [0.717, 1.165) is 19.5 Å². The summed E-state index contributed by atoms with van der Waals surface area (Å²) in [6, 6.07) is 10.5. The lowest BCUT2D eigenvalue weighted by molar-refractivity contribution is 0.0527. The monoisotopic (exact) mass is 306 g/mol. The summed E-state index contributed by atoms with van der Waals surface area (Å²) in [5.74, 6) is 0. The summed E-state index contributed by atoms with van der Waals surface area (Å²) < 4.78 is 5.19. The molecular weight excluding hydrogens is 276 g/mol. The van der Waals surface area contributed by atoms with Gasteiger partial charge in [0, 0.05) is 18.5 Å². The lowest BCUT2D eigenvalue weighted by Crippen LogP contribution is -2.36. The van der Waals surface area contributed by atoms with E-state index < -0.39 is 5.60 Å². The first-order chi connectivity index (χ1) is 10.2. The fourth-order valence-corrected chi connectivity index (χ4v) is 2.11. The highest BCUT2D eigenvalue weighted by Crippen LogP contribution is 2.21. The lowest BCUT2D eigenvalue weighted by atomic mass is 9.84. The number of carbonyl (C=O) groups excluding carboxylic acids is 1. The van der Waals surface area contributed by atoms with Gasteiger partial charge in [0.25, 0.3) is 0 Å². The van der Waals surface area contributed by atoms with Crippen molar-refractivity contribution < 1.29 is 9.53 Å². The number of ether oxygens (including phenoxy) is 1. The second kappa shape index (κ2) is 8.18. The number of nitrogens with one attached hydrogen (secondary N) is 2. The van der Waals surface area contributed by atoms with E-state index in [1.807, 2.05) is 26.8 Å². The molecule has 1 aromatic rings. The number of rotatable bonds is 7. The van der Waals surface area contributed by atoms with Gasteiger partial charge in [0.2, 0.25) is 0 Å². The van der Waals surface area contributed by atoms with E-state index in [-0.39, 0.29) is 11.5 Å². The summed E-state index contributed by atoms with van der Waals surface area (Å²) in [7, 11) is 0. The molecule has 22 heavy (non-hydrogen) atoms. The van der Waals surface area contributed by atoms with Crippen LogP contribution in [-0.2, 0) is 10.2 Å². The Morgan fingerprint density at radius 3 is 2.27 bits per heavy atom. The summed E-state index contributed by atoms with van der Waals surface area (Å²) in [6.45, 7) is 12.4. The zero-order valence-electron chi connectivity index (χ0n) is 14.5. The Balaban J connectivity index is 2.17. The third-order valence-corrected chi connectivity index (χ3v) is 3.32. The van der Waals surface area contributed by atoms with Crippen LogP contribution in [0.25, 0.3) is 0 Å². The summed E-state index contributed by atoms with van der Waals surface area (Å²) >= 11 is 0. The first-order valence-corrected chi connectivity index (χ1v) is 7.94. The SMILES string of the molecule is CC(C)(C)OC(=O)NCCCNCC(C)(C)c1ccccc1. The van der Waals surface area contributed by atoms with Crippen LogP contribution in [-0.4, -0.2) is 31.3 Å². The summed E-state index contributed by atoms with van der Waals surface area (Å²) in [6.07, 6.45) is 0.529. The predicted molar refractivity (Wildman–Crippen MR) is 91.2 cm³/mol. The quantitative estimate of drug-likeness (QED) is 0.758. The van der Waals surface area contributed by atoms with E-state index in [1.165, 1.54) is 5.56 Å². The van der Waals surface area contributed by atoms with Crippen LogP contribution >= 0.6 is 0 Å². The Bertz CT molecular complexity index is 450. The van der Waals surface area contributed by atoms with Crippen LogP contribution in [0.3, 0.4) is 0 Å². The van der Waals surface area contributed by atoms with E-state index in [1.54, 1.807) is 0 Å². The third-order valence-electron chi connectivity index (χ3n) is 3.32. The van der Waals surface area contributed by atoms with E-state index in [2.05, 4.69) is 48.7 Å². The fraction of sp³-hybridized carbons (Fsp3) is 0.611. The standard InChI is InChI=1S/C18H30N2O2/c1-17(2,3)22-16(21)20-13-9-12-19-14-18(4,5)15-10-7-6-8-11-15/h6-8,10-11,19H,9,12-14H2,1-5H3,(H,20,21). The van der Waals surface area contributed by atoms with E-state index in [4.69, 9.17) is 4.74 Å². The van der Waals surface area contributed by atoms with Gasteiger partial charge in [0.05, 0.1) is 0 Å². The topological polar surface area (TPSA) is 50.4 Å². The Labute approximate surface area is 134 Å². The zero-order valence-corrected chi connectivity index (χ0v) is 14.5. The maximum Gasteiger partial charge on any atom is 0.407 e. The van der Waals surface area contributed by atoms with Gasteiger partial charge in [0.1, 0.15) is 5.60 Å². The molecule has 0 aliphatic rings. The van der Waals surface area contributed by atoms with Crippen molar-refractivity contribution >= 4 is 6.09 Å². The minimum atomic E-state index is -0.442. The lowest BCUT2D eigenvalue weighted by Gasteiger charge is -2.25. The molecular formula is C18H30N2O2. The smallest absolute Gasteiger partial charge is 0.407 e. The van der Waals surface area contributed by atoms with Crippen LogP contribution in [0.2, 0.25) is 0 Å². The number of carbonyl (C=O) groups is 1. The van der Waals surface area contributed by atoms with Crippen LogP contribution in [0, 0.1) is 0 Å². The molecule has 0 saturated heterocycles. The minimum absolute atomic E-state index is 0.0971. The molecule has 0 radical (unpaired) electrons. The highest BCUT2D eigenvalue weighted by Gasteiger charge is 2.19. The molecule has 0 aromatic heterocycles. The number of amides is 1. The molecule has 0 aliphatic heterocycles. The van der Waals surface area contributed by atoms with Crippen molar-refractivity contribution in [1.29, 1.82) is 0 Å². The molecule has 0 bridgehead atoms.